The van der Waals surface area contributed by atoms with Gasteiger partial charge in [-0.1, -0.05) is 18.2 Å². The van der Waals surface area contributed by atoms with Gasteiger partial charge in [0, 0.05) is 17.6 Å². The number of hydrogen-bond donors (Lipinski definition) is 0. The van der Waals surface area contributed by atoms with E-state index in [9.17, 15) is 4.79 Å². The molecule has 0 amide bonds. The molecule has 1 aromatic heterocycles. The van der Waals surface area contributed by atoms with Crippen molar-refractivity contribution in [2.45, 2.75) is 13.8 Å². The molecule has 17 heavy (non-hydrogen) atoms. The second kappa shape index (κ2) is 4.87. The summed E-state index contributed by atoms with van der Waals surface area (Å²) in [7, 11) is 0. The third kappa shape index (κ3) is 2.38. The molecule has 0 saturated heterocycles. The molecule has 3 nitrogen and oxygen atoms in total. The maximum atomic E-state index is 11.6. The van der Waals surface area contributed by atoms with Gasteiger partial charge in [0.1, 0.15) is 0 Å². The van der Waals surface area contributed by atoms with Crippen LogP contribution in [-0.2, 0) is 4.74 Å². The number of ether oxygens (including phenoxy) is 1. The number of carbonyl (C=O) groups excluding carboxylic acids is 1. The molecule has 0 atom stereocenters. The van der Waals surface area contributed by atoms with Crippen LogP contribution in [0.15, 0.2) is 42.6 Å². The largest absolute Gasteiger partial charge is 0.462 e. The first-order chi connectivity index (χ1) is 8.22. The van der Waals surface area contributed by atoms with Gasteiger partial charge in [-0.3, -0.25) is 0 Å². The maximum absolute atomic E-state index is 11.6. The van der Waals surface area contributed by atoms with Crippen molar-refractivity contribution in [2.24, 2.45) is 0 Å². The highest BCUT2D eigenvalue weighted by molar-refractivity contribution is 5.89. The number of aryl methyl sites for hydroxylation is 1. The van der Waals surface area contributed by atoms with E-state index in [-0.39, 0.29) is 5.97 Å². The van der Waals surface area contributed by atoms with Crippen molar-refractivity contribution in [1.82, 2.24) is 4.57 Å². The number of nitrogens with zero attached hydrogens (tertiary/aromatic N) is 1. The molecule has 0 saturated carbocycles. The van der Waals surface area contributed by atoms with Crippen molar-refractivity contribution < 1.29 is 9.53 Å². The van der Waals surface area contributed by atoms with Crippen LogP contribution in [0.1, 0.15) is 23.0 Å². The van der Waals surface area contributed by atoms with Gasteiger partial charge in [-0.15, -0.1) is 0 Å². The lowest BCUT2D eigenvalue weighted by molar-refractivity contribution is 0.0526. The van der Waals surface area contributed by atoms with E-state index >= 15 is 0 Å². The average molecular weight is 229 g/mol. The van der Waals surface area contributed by atoms with Crippen LogP contribution in [0, 0.1) is 6.92 Å². The highest BCUT2D eigenvalue weighted by Gasteiger charge is 2.11. The maximum Gasteiger partial charge on any atom is 0.339 e. The lowest BCUT2D eigenvalue weighted by Crippen LogP contribution is -2.03. The summed E-state index contributed by atoms with van der Waals surface area (Å²) in [6.07, 6.45) is 1.81. The molecular formula is C14H15NO2. The van der Waals surface area contributed by atoms with Crippen LogP contribution < -0.4 is 0 Å². The van der Waals surface area contributed by atoms with Gasteiger partial charge >= 0.3 is 5.97 Å². The predicted molar refractivity (Wildman–Crippen MR) is 66.5 cm³/mol. The zero-order chi connectivity index (χ0) is 12.3. The van der Waals surface area contributed by atoms with Crippen molar-refractivity contribution in [1.29, 1.82) is 0 Å². The summed E-state index contributed by atoms with van der Waals surface area (Å²) >= 11 is 0. The van der Waals surface area contributed by atoms with Gasteiger partial charge < -0.3 is 9.30 Å². The van der Waals surface area contributed by atoms with E-state index in [0.717, 1.165) is 11.4 Å². The van der Waals surface area contributed by atoms with Gasteiger partial charge in [0.15, 0.2) is 0 Å². The van der Waals surface area contributed by atoms with Crippen LogP contribution >= 0.6 is 0 Å². The van der Waals surface area contributed by atoms with Gasteiger partial charge in [-0.05, 0) is 32.0 Å². The topological polar surface area (TPSA) is 31.2 Å². The van der Waals surface area contributed by atoms with E-state index in [0.29, 0.717) is 12.2 Å². The fourth-order valence-corrected chi connectivity index (χ4v) is 1.77. The number of rotatable bonds is 3. The Morgan fingerprint density at radius 3 is 2.65 bits per heavy atom. The summed E-state index contributed by atoms with van der Waals surface area (Å²) in [6, 6.07) is 11.8. The second-order valence-electron chi connectivity index (χ2n) is 3.80. The first-order valence-corrected chi connectivity index (χ1v) is 5.64. The van der Waals surface area contributed by atoms with Crippen molar-refractivity contribution in [3.8, 4) is 5.69 Å². The van der Waals surface area contributed by atoms with Crippen molar-refractivity contribution >= 4 is 5.97 Å². The lowest BCUT2D eigenvalue weighted by atomic mass is 10.3. The summed E-state index contributed by atoms with van der Waals surface area (Å²) in [5, 5.41) is 0. The highest BCUT2D eigenvalue weighted by atomic mass is 16.5. The van der Waals surface area contributed by atoms with Crippen LogP contribution in [0.25, 0.3) is 5.69 Å². The Morgan fingerprint density at radius 2 is 2.00 bits per heavy atom. The third-order valence-electron chi connectivity index (χ3n) is 2.56. The monoisotopic (exact) mass is 229 g/mol. The molecule has 0 aliphatic heterocycles. The van der Waals surface area contributed by atoms with Crippen LogP contribution in [0.2, 0.25) is 0 Å². The Hall–Kier alpha value is -2.03. The van der Waals surface area contributed by atoms with Gasteiger partial charge in [0.2, 0.25) is 0 Å². The number of hydrogen-bond acceptors (Lipinski definition) is 2. The third-order valence-corrected chi connectivity index (χ3v) is 2.56. The molecule has 0 aliphatic rings. The molecule has 0 N–H and O–H groups in total. The molecule has 0 spiro atoms. The second-order valence-corrected chi connectivity index (χ2v) is 3.80. The van der Waals surface area contributed by atoms with Crippen LogP contribution in [-0.4, -0.2) is 17.1 Å². The molecule has 1 heterocycles. The summed E-state index contributed by atoms with van der Waals surface area (Å²) in [4.78, 5) is 11.6. The predicted octanol–water partition coefficient (Wildman–Crippen LogP) is 2.96. The quantitative estimate of drug-likeness (QED) is 0.758. The van der Waals surface area contributed by atoms with E-state index in [1.165, 1.54) is 0 Å². The van der Waals surface area contributed by atoms with E-state index < -0.39 is 0 Å². The van der Waals surface area contributed by atoms with E-state index in [1.54, 1.807) is 6.92 Å². The fourth-order valence-electron chi connectivity index (χ4n) is 1.77. The SMILES string of the molecule is CCOC(=O)c1cc(C)n(-c2ccccc2)c1. The van der Waals surface area contributed by atoms with E-state index in [1.807, 2.05) is 54.1 Å². The molecule has 1 aromatic carbocycles. The minimum atomic E-state index is -0.273. The van der Waals surface area contributed by atoms with Gasteiger partial charge in [-0.25, -0.2) is 4.79 Å². The molecule has 0 fully saturated rings. The molecule has 0 unspecified atom stereocenters. The summed E-state index contributed by atoms with van der Waals surface area (Å²) in [5.74, 6) is -0.273. The van der Waals surface area contributed by atoms with E-state index in [4.69, 9.17) is 4.74 Å². The zero-order valence-electron chi connectivity index (χ0n) is 10.0. The number of benzene rings is 1. The number of para-hydroxylation sites is 1. The molecule has 0 radical (unpaired) electrons. The van der Waals surface area contributed by atoms with Gasteiger partial charge in [0.25, 0.3) is 0 Å². The summed E-state index contributed by atoms with van der Waals surface area (Å²) in [6.45, 7) is 4.17. The van der Waals surface area contributed by atoms with Gasteiger partial charge in [0.05, 0.1) is 12.2 Å². The summed E-state index contributed by atoms with van der Waals surface area (Å²) < 4.78 is 6.96. The molecule has 2 aromatic rings. The first-order valence-electron chi connectivity index (χ1n) is 5.64. The molecule has 88 valence electrons. The standard InChI is InChI=1S/C14H15NO2/c1-3-17-14(16)12-9-11(2)15(10-12)13-7-5-4-6-8-13/h4-10H,3H2,1-2H3. The lowest BCUT2D eigenvalue weighted by Gasteiger charge is -2.04. The summed E-state index contributed by atoms with van der Waals surface area (Å²) in [5.41, 5.74) is 2.65. The molecule has 0 aliphatic carbocycles. The Morgan fingerprint density at radius 1 is 1.29 bits per heavy atom. The number of aromatic nitrogens is 1. The van der Waals surface area contributed by atoms with Crippen LogP contribution in [0.4, 0.5) is 0 Å². The molecule has 0 bridgehead atoms. The molecule has 2 rings (SSSR count). The molecular weight excluding hydrogens is 214 g/mol. The smallest absolute Gasteiger partial charge is 0.339 e. The van der Waals surface area contributed by atoms with Crippen molar-refractivity contribution in [3.63, 3.8) is 0 Å². The van der Waals surface area contributed by atoms with Crippen LogP contribution in [0.5, 0.6) is 0 Å². The Bertz CT molecular complexity index is 514. The number of esters is 1. The average Bonchev–Trinajstić information content (AvgIpc) is 2.73. The normalized spacial score (nSPS) is 10.2. The zero-order valence-corrected chi connectivity index (χ0v) is 10.0. The first kappa shape index (κ1) is 11.5. The fraction of sp³-hybridized carbons (Fsp3) is 0.214. The highest BCUT2D eigenvalue weighted by Crippen LogP contribution is 2.15. The minimum absolute atomic E-state index is 0.273. The van der Waals surface area contributed by atoms with Crippen molar-refractivity contribution in [3.05, 3.63) is 53.9 Å². The van der Waals surface area contributed by atoms with Gasteiger partial charge in [-0.2, -0.15) is 0 Å². The molecule has 3 heteroatoms. The van der Waals surface area contributed by atoms with E-state index in [2.05, 4.69) is 0 Å². The van der Waals surface area contributed by atoms with Crippen molar-refractivity contribution in [2.75, 3.05) is 6.61 Å². The Balaban J connectivity index is 2.35. The Kier molecular flexibility index (Phi) is 3.28. The number of carbonyl (C=O) groups is 1. The van der Waals surface area contributed by atoms with Crippen LogP contribution in [0.3, 0.4) is 0 Å². The Labute approximate surface area is 101 Å². The minimum Gasteiger partial charge on any atom is -0.462 e.